The van der Waals surface area contributed by atoms with Crippen LogP contribution >= 0.6 is 34.8 Å². The second kappa shape index (κ2) is 8.09. The van der Waals surface area contributed by atoms with Crippen LogP contribution in [-0.2, 0) is 18.0 Å². The van der Waals surface area contributed by atoms with E-state index in [0.717, 1.165) is 0 Å². The van der Waals surface area contributed by atoms with Crippen LogP contribution in [0, 0.1) is 0 Å². The van der Waals surface area contributed by atoms with E-state index in [1.807, 2.05) is 0 Å². The maximum atomic E-state index is 12.3. The zero-order chi connectivity index (χ0) is 18.7. The molecule has 0 aliphatic rings. The van der Waals surface area contributed by atoms with Gasteiger partial charge >= 0.3 is 0 Å². The Morgan fingerprint density at radius 1 is 1.12 bits per heavy atom. The van der Waals surface area contributed by atoms with E-state index >= 15 is 0 Å². The molecule has 0 unspecified atom stereocenters. The van der Waals surface area contributed by atoms with Gasteiger partial charge in [-0.05, 0) is 18.2 Å². The number of amides is 1. The molecular weight excluding hydrogens is 401 g/mol. The van der Waals surface area contributed by atoms with Crippen molar-refractivity contribution in [3.63, 3.8) is 0 Å². The van der Waals surface area contributed by atoms with Gasteiger partial charge in [-0.15, -0.1) is 0 Å². The van der Waals surface area contributed by atoms with E-state index in [1.54, 1.807) is 48.5 Å². The predicted molar refractivity (Wildman–Crippen MR) is 100.0 cm³/mol. The Bertz CT molecular complexity index is 918. The standard InChI is InChI=1S/C16H14Cl3N5O2/c1-26-9-23-6-5-14(21-23)16(25)20-15-13(19)8-24(22-15)7-10-11(17)3-2-4-12(10)18/h2-6,8H,7,9H2,1H3,(H,20,22,25). The summed E-state index contributed by atoms with van der Waals surface area (Å²) < 4.78 is 7.99. The van der Waals surface area contributed by atoms with Crippen LogP contribution in [0.5, 0.6) is 0 Å². The molecule has 7 nitrogen and oxygen atoms in total. The smallest absolute Gasteiger partial charge is 0.277 e. The molecule has 26 heavy (non-hydrogen) atoms. The first-order valence-electron chi connectivity index (χ1n) is 7.47. The van der Waals surface area contributed by atoms with Crippen molar-refractivity contribution in [3.8, 4) is 0 Å². The second-order valence-electron chi connectivity index (χ2n) is 5.34. The molecule has 3 aromatic rings. The van der Waals surface area contributed by atoms with Gasteiger partial charge in [0.15, 0.2) is 11.5 Å². The van der Waals surface area contributed by atoms with E-state index < -0.39 is 5.91 Å². The predicted octanol–water partition coefficient (Wildman–Crippen LogP) is 3.94. The van der Waals surface area contributed by atoms with Crippen molar-refractivity contribution in [1.29, 1.82) is 0 Å². The number of methoxy groups -OCH3 is 1. The first-order valence-corrected chi connectivity index (χ1v) is 8.61. The molecule has 0 aliphatic carbocycles. The maximum absolute atomic E-state index is 12.3. The maximum Gasteiger partial charge on any atom is 0.277 e. The lowest BCUT2D eigenvalue weighted by Crippen LogP contribution is -2.14. The zero-order valence-corrected chi connectivity index (χ0v) is 15.9. The van der Waals surface area contributed by atoms with Crippen molar-refractivity contribution in [3.05, 3.63) is 63.0 Å². The lowest BCUT2D eigenvalue weighted by Gasteiger charge is -2.06. The topological polar surface area (TPSA) is 74.0 Å². The summed E-state index contributed by atoms with van der Waals surface area (Å²) in [5, 5.41) is 12.3. The van der Waals surface area contributed by atoms with Gasteiger partial charge in [0.1, 0.15) is 11.8 Å². The van der Waals surface area contributed by atoms with Gasteiger partial charge in [-0.1, -0.05) is 40.9 Å². The minimum atomic E-state index is -0.428. The van der Waals surface area contributed by atoms with Crippen LogP contribution in [0.15, 0.2) is 36.7 Å². The molecule has 0 radical (unpaired) electrons. The number of rotatable bonds is 6. The highest BCUT2D eigenvalue weighted by atomic mass is 35.5. The van der Waals surface area contributed by atoms with Crippen LogP contribution in [0.4, 0.5) is 5.82 Å². The lowest BCUT2D eigenvalue weighted by atomic mass is 10.2. The Morgan fingerprint density at radius 3 is 2.54 bits per heavy atom. The van der Waals surface area contributed by atoms with Crippen LogP contribution in [0.3, 0.4) is 0 Å². The number of aromatic nitrogens is 4. The summed E-state index contributed by atoms with van der Waals surface area (Å²) in [7, 11) is 1.54. The molecule has 0 bridgehead atoms. The van der Waals surface area contributed by atoms with Crippen LogP contribution in [0.1, 0.15) is 16.1 Å². The number of nitrogens with one attached hydrogen (secondary N) is 1. The fourth-order valence-corrected chi connectivity index (χ4v) is 2.98. The summed E-state index contributed by atoms with van der Waals surface area (Å²) in [5.41, 5.74) is 0.938. The van der Waals surface area contributed by atoms with Crippen molar-refractivity contribution in [2.45, 2.75) is 13.3 Å². The van der Waals surface area contributed by atoms with Crippen LogP contribution in [0.25, 0.3) is 0 Å². The number of hydrogen-bond donors (Lipinski definition) is 1. The lowest BCUT2D eigenvalue weighted by molar-refractivity contribution is 0.101. The number of anilines is 1. The van der Waals surface area contributed by atoms with Crippen LogP contribution in [0.2, 0.25) is 15.1 Å². The summed E-state index contributed by atoms with van der Waals surface area (Å²) in [6, 6.07) is 6.82. The summed E-state index contributed by atoms with van der Waals surface area (Å²) >= 11 is 18.5. The molecule has 0 spiro atoms. The minimum absolute atomic E-state index is 0.223. The molecule has 0 saturated carbocycles. The van der Waals surface area contributed by atoms with Crippen LogP contribution < -0.4 is 5.32 Å². The largest absolute Gasteiger partial charge is 0.362 e. The molecule has 2 aromatic heterocycles. The molecule has 1 aromatic carbocycles. The number of halogens is 3. The molecule has 136 valence electrons. The van der Waals surface area contributed by atoms with Gasteiger partial charge in [0.05, 0.1) is 6.54 Å². The van der Waals surface area contributed by atoms with Crippen molar-refractivity contribution >= 4 is 46.5 Å². The van der Waals surface area contributed by atoms with Gasteiger partial charge in [-0.2, -0.15) is 10.2 Å². The van der Waals surface area contributed by atoms with Gasteiger partial charge in [0.25, 0.3) is 5.91 Å². The fraction of sp³-hybridized carbons (Fsp3) is 0.188. The first kappa shape index (κ1) is 18.7. The summed E-state index contributed by atoms with van der Waals surface area (Å²) in [6.45, 7) is 0.567. The fourth-order valence-electron chi connectivity index (χ4n) is 2.27. The average Bonchev–Trinajstić information content (AvgIpc) is 3.19. The third-order valence-electron chi connectivity index (χ3n) is 3.47. The number of carbonyl (C=O) groups is 1. The molecule has 1 N–H and O–H groups in total. The third kappa shape index (κ3) is 4.19. The molecule has 2 heterocycles. The Hall–Kier alpha value is -2.06. The highest BCUT2D eigenvalue weighted by molar-refractivity contribution is 6.36. The van der Waals surface area contributed by atoms with Crippen molar-refractivity contribution in [2.75, 3.05) is 12.4 Å². The summed E-state index contributed by atoms with van der Waals surface area (Å²) in [4.78, 5) is 12.3. The Balaban J connectivity index is 1.74. The molecule has 1 amide bonds. The molecule has 10 heteroatoms. The van der Waals surface area contributed by atoms with Gasteiger partial charge < -0.3 is 10.1 Å². The first-order chi connectivity index (χ1) is 12.5. The Kier molecular flexibility index (Phi) is 5.83. The van der Waals surface area contributed by atoms with Crippen LogP contribution in [-0.4, -0.2) is 32.6 Å². The average molecular weight is 415 g/mol. The van der Waals surface area contributed by atoms with E-state index in [9.17, 15) is 4.79 Å². The molecule has 0 saturated heterocycles. The second-order valence-corrected chi connectivity index (χ2v) is 6.56. The zero-order valence-electron chi connectivity index (χ0n) is 13.6. The number of hydrogen-bond acceptors (Lipinski definition) is 4. The normalized spacial score (nSPS) is 10.9. The SMILES string of the molecule is COCn1ccc(C(=O)Nc2nn(Cc3c(Cl)cccc3Cl)cc2Cl)n1. The Labute approximate surface area is 164 Å². The van der Waals surface area contributed by atoms with Crippen molar-refractivity contribution in [1.82, 2.24) is 19.6 Å². The van der Waals surface area contributed by atoms with Crippen molar-refractivity contribution < 1.29 is 9.53 Å². The molecule has 3 rings (SSSR count). The molecule has 0 fully saturated rings. The van der Waals surface area contributed by atoms with E-state index in [4.69, 9.17) is 39.5 Å². The molecule has 0 atom stereocenters. The van der Waals surface area contributed by atoms with E-state index in [2.05, 4.69) is 15.5 Å². The molecule has 0 aliphatic heterocycles. The van der Waals surface area contributed by atoms with Gasteiger partial charge in [-0.25, -0.2) is 4.68 Å². The monoisotopic (exact) mass is 413 g/mol. The quantitative estimate of drug-likeness (QED) is 0.663. The van der Waals surface area contributed by atoms with E-state index in [-0.39, 0.29) is 23.3 Å². The number of benzene rings is 1. The number of ether oxygens (including phenoxy) is 1. The molecular formula is C16H14Cl3N5O2. The van der Waals surface area contributed by atoms with Crippen molar-refractivity contribution in [2.24, 2.45) is 0 Å². The minimum Gasteiger partial charge on any atom is -0.362 e. The summed E-state index contributed by atoms with van der Waals surface area (Å²) in [5.74, 6) is -0.205. The van der Waals surface area contributed by atoms with Gasteiger partial charge in [0, 0.05) is 35.1 Å². The highest BCUT2D eigenvalue weighted by Crippen LogP contribution is 2.27. The van der Waals surface area contributed by atoms with Gasteiger partial charge in [0.2, 0.25) is 0 Å². The van der Waals surface area contributed by atoms with Gasteiger partial charge in [-0.3, -0.25) is 9.48 Å². The highest BCUT2D eigenvalue weighted by Gasteiger charge is 2.16. The number of nitrogens with zero attached hydrogens (tertiary/aromatic N) is 4. The third-order valence-corrected chi connectivity index (χ3v) is 4.45. The number of carbonyl (C=O) groups excluding carboxylic acids is 1. The Morgan fingerprint density at radius 2 is 1.85 bits per heavy atom. The van der Waals surface area contributed by atoms with E-state index in [1.165, 1.54) is 4.68 Å². The van der Waals surface area contributed by atoms with E-state index in [0.29, 0.717) is 22.2 Å². The summed E-state index contributed by atoms with van der Waals surface area (Å²) in [6.07, 6.45) is 3.22.